The third kappa shape index (κ3) is 4.03. The summed E-state index contributed by atoms with van der Waals surface area (Å²) in [4.78, 5) is 24.2. The lowest BCUT2D eigenvalue weighted by Gasteiger charge is -2.16. The Labute approximate surface area is 183 Å². The minimum absolute atomic E-state index is 0.00187. The number of benzene rings is 3. The lowest BCUT2D eigenvalue weighted by atomic mass is 9.84. The maximum atomic E-state index is 12.1. The van der Waals surface area contributed by atoms with Gasteiger partial charge in [0, 0.05) is 32.7 Å². The third-order valence-electron chi connectivity index (χ3n) is 4.74. The first-order valence-corrected chi connectivity index (χ1v) is 9.28. The number of nitrogens with zero attached hydrogens (tertiary/aromatic N) is 4. The van der Waals surface area contributed by atoms with E-state index in [1.54, 1.807) is 72.8 Å². The Morgan fingerprint density at radius 2 is 0.719 bits per heavy atom. The smallest absolute Gasteiger partial charge is 0.194 e. The van der Waals surface area contributed by atoms with Crippen molar-refractivity contribution in [3.63, 3.8) is 0 Å². The second-order valence-electron chi connectivity index (χ2n) is 6.52. The van der Waals surface area contributed by atoms with Crippen LogP contribution in [0.1, 0.15) is 31.8 Å². The van der Waals surface area contributed by atoms with E-state index in [2.05, 4.69) is 0 Å². The molecule has 0 N–H and O–H groups in total. The van der Waals surface area contributed by atoms with Gasteiger partial charge in [0.15, 0.2) is 11.6 Å². The van der Waals surface area contributed by atoms with Crippen LogP contribution in [0.3, 0.4) is 0 Å². The van der Waals surface area contributed by atoms with Gasteiger partial charge in [-0.05, 0) is 0 Å². The van der Waals surface area contributed by atoms with Crippen LogP contribution in [0.4, 0.5) is 0 Å². The number of fused-ring (bicyclic) bond motifs is 2. The molecule has 148 valence electrons. The maximum absolute atomic E-state index is 12.1. The summed E-state index contributed by atoms with van der Waals surface area (Å²) in [5.74, 6) is -0.128. The highest BCUT2D eigenvalue weighted by atomic mass is 16.1. The summed E-state index contributed by atoms with van der Waals surface area (Å²) < 4.78 is 0. The van der Waals surface area contributed by atoms with Crippen molar-refractivity contribution in [2.75, 3.05) is 0 Å². The highest BCUT2D eigenvalue weighted by molar-refractivity contribution is 6.28. The predicted molar refractivity (Wildman–Crippen MR) is 115 cm³/mol. The average molecular weight is 412 g/mol. The fourth-order valence-electron chi connectivity index (χ4n) is 3.16. The van der Waals surface area contributed by atoms with E-state index in [1.807, 2.05) is 0 Å². The van der Waals surface area contributed by atoms with Gasteiger partial charge in [0.2, 0.25) is 0 Å². The maximum Gasteiger partial charge on any atom is 0.194 e. The van der Waals surface area contributed by atoms with Gasteiger partial charge in [-0.1, -0.05) is 72.8 Å². The molecule has 0 bridgehead atoms. The lowest BCUT2D eigenvalue weighted by Crippen LogP contribution is -2.20. The number of hydrogen-bond acceptors (Lipinski definition) is 6. The van der Waals surface area contributed by atoms with Crippen LogP contribution in [0.25, 0.3) is 11.1 Å². The molecule has 4 rings (SSSR count). The minimum atomic E-state index is -0.0641. The molecule has 0 unspecified atom stereocenters. The SMILES string of the molecule is N#CC(C#N)=c1ccc(=C(C#N)C#N)cc1.O=C1c2ccccc2C(=O)c2ccccc21. The van der Waals surface area contributed by atoms with Crippen molar-refractivity contribution >= 4 is 22.7 Å². The molecule has 0 saturated heterocycles. The topological polar surface area (TPSA) is 129 Å². The molecule has 1 aliphatic carbocycles. The molecule has 0 amide bonds. The Bertz CT molecular complexity index is 1330. The van der Waals surface area contributed by atoms with E-state index < -0.39 is 0 Å². The normalized spacial score (nSPS) is 10.5. The second-order valence-corrected chi connectivity index (χ2v) is 6.52. The molecule has 3 aromatic carbocycles. The lowest BCUT2D eigenvalue weighted by molar-refractivity contribution is 0.0979. The fraction of sp³-hybridized carbons (Fsp3) is 0. The van der Waals surface area contributed by atoms with Crippen molar-refractivity contribution in [2.24, 2.45) is 0 Å². The zero-order valence-corrected chi connectivity index (χ0v) is 16.5. The molecular weight excluding hydrogens is 400 g/mol. The van der Waals surface area contributed by atoms with Crippen LogP contribution in [-0.2, 0) is 0 Å². The molecule has 6 nitrogen and oxygen atoms in total. The van der Waals surface area contributed by atoms with Crippen molar-refractivity contribution < 1.29 is 9.59 Å². The van der Waals surface area contributed by atoms with Crippen molar-refractivity contribution in [1.82, 2.24) is 0 Å². The number of carbonyl (C=O) groups excluding carboxylic acids is 2. The zero-order chi connectivity index (χ0) is 23.1. The Kier molecular flexibility index (Phi) is 6.33. The van der Waals surface area contributed by atoms with Crippen LogP contribution in [0.2, 0.25) is 0 Å². The molecular formula is C26H12N4O2. The zero-order valence-electron chi connectivity index (χ0n) is 16.5. The molecule has 3 aromatic rings. The summed E-state index contributed by atoms with van der Waals surface area (Å²) in [5, 5.41) is 35.5. The second kappa shape index (κ2) is 9.47. The Morgan fingerprint density at radius 1 is 0.469 bits per heavy atom. The van der Waals surface area contributed by atoms with Gasteiger partial charge in [0.25, 0.3) is 0 Å². The summed E-state index contributed by atoms with van der Waals surface area (Å²) in [6.07, 6.45) is 0. The summed E-state index contributed by atoms with van der Waals surface area (Å²) >= 11 is 0. The highest BCUT2D eigenvalue weighted by Gasteiger charge is 2.28. The molecule has 0 spiro atoms. The first-order chi connectivity index (χ1) is 15.5. The van der Waals surface area contributed by atoms with Crippen molar-refractivity contribution in [1.29, 1.82) is 21.0 Å². The quantitative estimate of drug-likeness (QED) is 0.436. The van der Waals surface area contributed by atoms with Gasteiger partial charge in [-0.2, -0.15) is 21.0 Å². The monoisotopic (exact) mass is 412 g/mol. The van der Waals surface area contributed by atoms with E-state index in [4.69, 9.17) is 21.0 Å². The van der Waals surface area contributed by atoms with Crippen LogP contribution in [0.15, 0.2) is 72.8 Å². The van der Waals surface area contributed by atoms with Crippen molar-refractivity contribution in [2.45, 2.75) is 0 Å². The minimum Gasteiger partial charge on any atom is -0.289 e. The van der Waals surface area contributed by atoms with E-state index in [0.29, 0.717) is 32.7 Å². The van der Waals surface area contributed by atoms with Gasteiger partial charge in [-0.25, -0.2) is 0 Å². The standard InChI is InChI=1S/C14H8O2.C12H4N4/c15-13-9-5-1-2-6-10(9)14(16)12-8-4-3-7-11(12)13;13-5-11(6-14)9-1-2-10(4-3-9)12(7-15)8-16/h1-8H;1-4H. The number of carbonyl (C=O) groups is 2. The molecule has 0 fully saturated rings. The summed E-state index contributed by atoms with van der Waals surface area (Å²) in [7, 11) is 0. The van der Waals surface area contributed by atoms with Crippen molar-refractivity contribution in [3.05, 3.63) is 105 Å². The summed E-state index contributed by atoms with van der Waals surface area (Å²) in [6.45, 7) is 0. The molecule has 0 aliphatic heterocycles. The average Bonchev–Trinajstić information content (AvgIpc) is 2.85. The van der Waals surface area contributed by atoms with E-state index in [0.717, 1.165) is 0 Å². The molecule has 0 atom stereocenters. The largest absolute Gasteiger partial charge is 0.289 e. The van der Waals surface area contributed by atoms with Gasteiger partial charge in [0.05, 0.1) is 0 Å². The number of nitriles is 4. The Morgan fingerprint density at radius 3 is 0.938 bits per heavy atom. The number of hydrogen-bond donors (Lipinski definition) is 0. The van der Waals surface area contributed by atoms with E-state index in [-0.39, 0.29) is 22.7 Å². The van der Waals surface area contributed by atoms with Crippen LogP contribution in [0, 0.1) is 45.3 Å². The van der Waals surface area contributed by atoms with Crippen LogP contribution >= 0.6 is 0 Å². The van der Waals surface area contributed by atoms with E-state index in [9.17, 15) is 9.59 Å². The number of rotatable bonds is 0. The molecule has 32 heavy (non-hydrogen) atoms. The fourth-order valence-corrected chi connectivity index (χ4v) is 3.16. The molecule has 0 aromatic heterocycles. The summed E-state index contributed by atoms with van der Waals surface area (Å²) in [6, 6.07) is 27.1. The van der Waals surface area contributed by atoms with Gasteiger partial charge >= 0.3 is 0 Å². The van der Waals surface area contributed by atoms with Gasteiger partial charge in [0.1, 0.15) is 35.4 Å². The Balaban J connectivity index is 0.000000181. The third-order valence-corrected chi connectivity index (χ3v) is 4.74. The summed E-state index contributed by atoms with van der Waals surface area (Å²) in [5.41, 5.74) is 2.03. The molecule has 0 saturated carbocycles. The van der Waals surface area contributed by atoms with Gasteiger partial charge < -0.3 is 0 Å². The highest BCUT2D eigenvalue weighted by Crippen LogP contribution is 2.26. The van der Waals surface area contributed by atoms with Crippen LogP contribution in [-0.4, -0.2) is 11.6 Å². The van der Waals surface area contributed by atoms with E-state index in [1.165, 1.54) is 24.3 Å². The van der Waals surface area contributed by atoms with Crippen molar-refractivity contribution in [3.8, 4) is 24.3 Å². The number of ketones is 2. The van der Waals surface area contributed by atoms with Gasteiger partial charge in [-0.15, -0.1) is 0 Å². The van der Waals surface area contributed by atoms with E-state index >= 15 is 0 Å². The van der Waals surface area contributed by atoms with Crippen LogP contribution < -0.4 is 10.4 Å². The molecule has 0 radical (unpaired) electrons. The predicted octanol–water partition coefficient (Wildman–Crippen LogP) is 2.54. The Hall–Kier alpha value is -5.30. The molecule has 6 heteroatoms. The van der Waals surface area contributed by atoms with Crippen LogP contribution in [0.5, 0.6) is 0 Å². The molecule has 0 heterocycles. The first kappa shape index (κ1) is 21.4. The first-order valence-electron chi connectivity index (χ1n) is 9.28. The molecule has 1 aliphatic rings. The van der Waals surface area contributed by atoms with Gasteiger partial charge in [-0.3, -0.25) is 9.59 Å².